The van der Waals surface area contributed by atoms with Crippen LogP contribution >= 0.6 is 0 Å². The van der Waals surface area contributed by atoms with Crippen LogP contribution in [0.15, 0.2) is 9.31 Å². The molecular formula is C12H19NO5S. The van der Waals surface area contributed by atoms with Gasteiger partial charge in [0.2, 0.25) is 10.0 Å². The third-order valence-electron chi connectivity index (χ3n) is 2.48. The van der Waals surface area contributed by atoms with Crippen LogP contribution < -0.4 is 4.72 Å². The Balaban J connectivity index is 3.26. The lowest BCUT2D eigenvalue weighted by molar-refractivity contribution is 0.0691. The van der Waals surface area contributed by atoms with E-state index in [9.17, 15) is 13.2 Å². The Bertz CT molecular complexity index is 592. The van der Waals surface area contributed by atoms with E-state index in [1.807, 2.05) is 20.8 Å². The maximum absolute atomic E-state index is 12.2. The summed E-state index contributed by atoms with van der Waals surface area (Å²) in [5.41, 5.74) is -0.553. The smallest absolute Gasteiger partial charge is 0.340 e. The van der Waals surface area contributed by atoms with Crippen LogP contribution in [0.4, 0.5) is 0 Å². The third kappa shape index (κ3) is 3.57. The summed E-state index contributed by atoms with van der Waals surface area (Å²) in [6, 6.07) is 0. The summed E-state index contributed by atoms with van der Waals surface area (Å²) in [7, 11) is -3.90. The van der Waals surface area contributed by atoms with Gasteiger partial charge < -0.3 is 9.52 Å². The molecular weight excluding hydrogens is 270 g/mol. The Kier molecular flexibility index (Phi) is 4.11. The Morgan fingerprint density at radius 1 is 1.26 bits per heavy atom. The number of sulfonamides is 1. The van der Waals surface area contributed by atoms with Crippen LogP contribution in [0, 0.1) is 19.3 Å². The van der Waals surface area contributed by atoms with Crippen LogP contribution in [0.5, 0.6) is 0 Å². The highest BCUT2D eigenvalue weighted by molar-refractivity contribution is 7.89. The molecule has 0 unspecified atom stereocenters. The second kappa shape index (κ2) is 4.97. The van der Waals surface area contributed by atoms with Crippen molar-refractivity contribution in [2.24, 2.45) is 5.41 Å². The van der Waals surface area contributed by atoms with E-state index >= 15 is 0 Å². The van der Waals surface area contributed by atoms with E-state index in [2.05, 4.69) is 4.72 Å². The van der Waals surface area contributed by atoms with Gasteiger partial charge in [0.15, 0.2) is 0 Å². The molecule has 19 heavy (non-hydrogen) atoms. The maximum atomic E-state index is 12.2. The molecule has 0 atom stereocenters. The topological polar surface area (TPSA) is 96.6 Å². The fourth-order valence-electron chi connectivity index (χ4n) is 1.62. The van der Waals surface area contributed by atoms with Gasteiger partial charge >= 0.3 is 5.97 Å². The number of nitrogens with one attached hydrogen (secondary N) is 1. The van der Waals surface area contributed by atoms with Crippen LogP contribution in [0.1, 0.15) is 42.6 Å². The van der Waals surface area contributed by atoms with Crippen LogP contribution in [0.2, 0.25) is 0 Å². The number of carboxylic acid groups (broad SMARTS) is 1. The van der Waals surface area contributed by atoms with Crippen LogP contribution in [0.3, 0.4) is 0 Å². The number of aryl methyl sites for hydroxylation is 2. The summed E-state index contributed by atoms with van der Waals surface area (Å²) in [4.78, 5) is 10.9. The van der Waals surface area contributed by atoms with Gasteiger partial charge in [-0.2, -0.15) is 0 Å². The van der Waals surface area contributed by atoms with Gasteiger partial charge in [-0.3, -0.25) is 0 Å². The van der Waals surface area contributed by atoms with Crippen molar-refractivity contribution in [3.8, 4) is 0 Å². The van der Waals surface area contributed by atoms with E-state index in [0.29, 0.717) is 0 Å². The van der Waals surface area contributed by atoms with Gasteiger partial charge in [0.25, 0.3) is 0 Å². The zero-order valence-corrected chi connectivity index (χ0v) is 12.5. The average Bonchev–Trinajstić information content (AvgIpc) is 2.50. The summed E-state index contributed by atoms with van der Waals surface area (Å²) in [5.74, 6) is -1.15. The summed E-state index contributed by atoms with van der Waals surface area (Å²) in [5, 5.41) is 9.10. The minimum absolute atomic E-state index is 0.0799. The maximum Gasteiger partial charge on any atom is 0.340 e. The lowest BCUT2D eigenvalue weighted by atomic mass is 9.98. The highest BCUT2D eigenvalue weighted by Gasteiger charge is 2.31. The molecule has 1 aromatic heterocycles. The van der Waals surface area contributed by atoms with Gasteiger partial charge in [-0.25, -0.2) is 17.9 Å². The van der Waals surface area contributed by atoms with Gasteiger partial charge in [-0.05, 0) is 19.3 Å². The molecule has 0 aromatic carbocycles. The summed E-state index contributed by atoms with van der Waals surface area (Å²) < 4.78 is 31.9. The summed E-state index contributed by atoms with van der Waals surface area (Å²) in [6.07, 6.45) is 0. The van der Waals surface area contributed by atoms with E-state index in [0.717, 1.165) is 0 Å². The Hall–Kier alpha value is -1.34. The largest absolute Gasteiger partial charge is 0.478 e. The van der Waals surface area contributed by atoms with E-state index in [1.165, 1.54) is 13.8 Å². The predicted molar refractivity (Wildman–Crippen MR) is 69.8 cm³/mol. The van der Waals surface area contributed by atoms with Crippen molar-refractivity contribution in [1.82, 2.24) is 4.72 Å². The number of carboxylic acids is 1. The normalized spacial score (nSPS) is 12.7. The van der Waals surface area contributed by atoms with Crippen molar-refractivity contribution >= 4 is 16.0 Å². The van der Waals surface area contributed by atoms with Gasteiger partial charge in [0, 0.05) is 6.54 Å². The molecule has 0 aliphatic heterocycles. The average molecular weight is 289 g/mol. The molecule has 2 N–H and O–H groups in total. The van der Waals surface area contributed by atoms with Gasteiger partial charge in [0.1, 0.15) is 22.0 Å². The summed E-state index contributed by atoms with van der Waals surface area (Å²) >= 11 is 0. The molecule has 0 amide bonds. The Morgan fingerprint density at radius 2 is 1.79 bits per heavy atom. The van der Waals surface area contributed by atoms with Gasteiger partial charge in [-0.1, -0.05) is 20.8 Å². The highest BCUT2D eigenvalue weighted by Crippen LogP contribution is 2.26. The first-order valence-electron chi connectivity index (χ1n) is 5.78. The molecule has 108 valence electrons. The number of hydrogen-bond donors (Lipinski definition) is 2. The van der Waals surface area contributed by atoms with E-state index in [-0.39, 0.29) is 33.9 Å². The molecule has 0 aliphatic carbocycles. The molecule has 0 radical (unpaired) electrons. The second-order valence-electron chi connectivity index (χ2n) is 5.61. The summed E-state index contributed by atoms with van der Waals surface area (Å²) in [6.45, 7) is 8.70. The first-order valence-corrected chi connectivity index (χ1v) is 7.27. The molecule has 6 nitrogen and oxygen atoms in total. The minimum atomic E-state index is -3.90. The monoisotopic (exact) mass is 289 g/mol. The van der Waals surface area contributed by atoms with Crippen molar-refractivity contribution in [2.45, 2.75) is 39.5 Å². The molecule has 0 spiro atoms. The quantitative estimate of drug-likeness (QED) is 0.882. The van der Waals surface area contributed by atoms with Gasteiger partial charge in [-0.15, -0.1) is 0 Å². The van der Waals surface area contributed by atoms with E-state index in [4.69, 9.17) is 9.52 Å². The van der Waals surface area contributed by atoms with Crippen molar-refractivity contribution in [2.75, 3.05) is 6.54 Å². The van der Waals surface area contributed by atoms with E-state index in [1.54, 1.807) is 0 Å². The van der Waals surface area contributed by atoms with Crippen LogP contribution in [-0.4, -0.2) is 26.0 Å². The fourth-order valence-corrected chi connectivity index (χ4v) is 3.31. The molecule has 1 heterocycles. The Morgan fingerprint density at radius 3 is 2.21 bits per heavy atom. The standard InChI is InChI=1S/C12H19NO5S/c1-7-9(11(14)15)10(8(2)18-7)19(16,17)13-6-12(3,4)5/h13H,6H2,1-5H3,(H,14,15). The zero-order chi connectivity index (χ0) is 15.0. The van der Waals surface area contributed by atoms with E-state index < -0.39 is 16.0 Å². The zero-order valence-electron chi connectivity index (χ0n) is 11.7. The fraction of sp³-hybridized carbons (Fsp3) is 0.583. The lowest BCUT2D eigenvalue weighted by Crippen LogP contribution is -2.33. The molecule has 1 aromatic rings. The first kappa shape index (κ1) is 15.7. The lowest BCUT2D eigenvalue weighted by Gasteiger charge is -2.18. The highest BCUT2D eigenvalue weighted by atomic mass is 32.2. The van der Waals surface area contributed by atoms with Crippen LogP contribution in [-0.2, 0) is 10.0 Å². The number of hydrogen-bond acceptors (Lipinski definition) is 4. The minimum Gasteiger partial charge on any atom is -0.478 e. The second-order valence-corrected chi connectivity index (χ2v) is 7.31. The van der Waals surface area contributed by atoms with Crippen molar-refractivity contribution in [3.05, 3.63) is 17.1 Å². The Labute approximate surface area is 112 Å². The number of carbonyl (C=O) groups is 1. The van der Waals surface area contributed by atoms with Crippen molar-refractivity contribution < 1.29 is 22.7 Å². The molecule has 0 bridgehead atoms. The molecule has 0 aliphatic rings. The number of rotatable bonds is 4. The number of furan rings is 1. The van der Waals surface area contributed by atoms with Crippen molar-refractivity contribution in [3.63, 3.8) is 0 Å². The van der Waals surface area contributed by atoms with Crippen molar-refractivity contribution in [1.29, 1.82) is 0 Å². The first-order chi connectivity index (χ1) is 8.46. The molecule has 0 saturated heterocycles. The van der Waals surface area contributed by atoms with Crippen LogP contribution in [0.25, 0.3) is 0 Å². The molecule has 0 saturated carbocycles. The molecule has 1 rings (SSSR count). The predicted octanol–water partition coefficient (Wildman–Crippen LogP) is 1.92. The van der Waals surface area contributed by atoms with Gasteiger partial charge in [0.05, 0.1) is 0 Å². The SMILES string of the molecule is Cc1oc(C)c(S(=O)(=O)NCC(C)(C)C)c1C(=O)O. The molecule has 0 fully saturated rings. The number of aromatic carboxylic acids is 1. The third-order valence-corrected chi connectivity index (χ3v) is 4.03. The molecule has 7 heteroatoms.